The predicted molar refractivity (Wildman–Crippen MR) is 58.1 cm³/mol. The minimum Gasteiger partial charge on any atom is -0.481 e. The van der Waals surface area contributed by atoms with Crippen LogP contribution in [0.1, 0.15) is 19.8 Å². The summed E-state index contributed by atoms with van der Waals surface area (Å²) in [5.41, 5.74) is -0.303. The van der Waals surface area contributed by atoms with E-state index in [9.17, 15) is 19.2 Å². The summed E-state index contributed by atoms with van der Waals surface area (Å²) in [6.45, 7) is 4.37. The molecule has 18 heavy (non-hydrogen) atoms. The van der Waals surface area contributed by atoms with Gasteiger partial charge in [0.05, 0.1) is 18.8 Å². The van der Waals surface area contributed by atoms with Gasteiger partial charge in [0.1, 0.15) is 0 Å². The molecule has 0 spiro atoms. The van der Waals surface area contributed by atoms with Crippen molar-refractivity contribution in [1.29, 1.82) is 0 Å². The Kier molecular flexibility index (Phi) is 8.73. The van der Waals surface area contributed by atoms with E-state index in [2.05, 4.69) is 6.58 Å². The van der Waals surface area contributed by atoms with Crippen molar-refractivity contribution in [1.82, 2.24) is 0 Å². The summed E-state index contributed by atoms with van der Waals surface area (Å²) in [5.74, 6) is -5.38. The molecular weight excluding hydrogens is 248 g/mol. The third-order valence-electron chi connectivity index (χ3n) is 1.57. The SMILES string of the molecule is C=C(CC(=O)O)C(=O)O.CC(CC(=O)O)C(=O)O. The minimum absolute atomic E-state index is 0.303. The smallest absolute Gasteiger partial charge is 0.331 e. The number of hydrogen-bond donors (Lipinski definition) is 4. The van der Waals surface area contributed by atoms with Gasteiger partial charge in [-0.25, -0.2) is 4.79 Å². The highest BCUT2D eigenvalue weighted by Crippen LogP contribution is 1.99. The first-order valence-electron chi connectivity index (χ1n) is 4.65. The fourth-order valence-corrected chi connectivity index (χ4v) is 0.607. The maximum Gasteiger partial charge on any atom is 0.331 e. The van der Waals surface area contributed by atoms with Crippen molar-refractivity contribution in [3.05, 3.63) is 12.2 Å². The van der Waals surface area contributed by atoms with Crippen LogP contribution in [0.4, 0.5) is 0 Å². The van der Waals surface area contributed by atoms with Crippen LogP contribution in [-0.2, 0) is 19.2 Å². The van der Waals surface area contributed by atoms with Crippen LogP contribution in [0.3, 0.4) is 0 Å². The number of carboxylic acid groups (broad SMARTS) is 4. The van der Waals surface area contributed by atoms with Gasteiger partial charge >= 0.3 is 23.9 Å². The second-order valence-corrected chi connectivity index (χ2v) is 3.32. The molecule has 8 nitrogen and oxygen atoms in total. The zero-order chi connectivity index (χ0) is 14.9. The molecule has 0 saturated carbocycles. The van der Waals surface area contributed by atoms with E-state index in [4.69, 9.17) is 20.4 Å². The maximum absolute atomic E-state index is 9.97. The zero-order valence-corrected chi connectivity index (χ0v) is 9.62. The summed E-state index contributed by atoms with van der Waals surface area (Å²) in [7, 11) is 0. The number of rotatable bonds is 6. The molecule has 0 heterocycles. The van der Waals surface area contributed by atoms with E-state index in [1.54, 1.807) is 0 Å². The Labute approximate surface area is 102 Å². The lowest BCUT2D eigenvalue weighted by Crippen LogP contribution is -2.13. The molecule has 4 N–H and O–H groups in total. The van der Waals surface area contributed by atoms with E-state index >= 15 is 0 Å². The normalized spacial score (nSPS) is 10.5. The third kappa shape index (κ3) is 11.7. The molecule has 0 aromatic heterocycles. The van der Waals surface area contributed by atoms with E-state index in [1.165, 1.54) is 6.92 Å². The third-order valence-corrected chi connectivity index (χ3v) is 1.57. The molecule has 0 aromatic carbocycles. The van der Waals surface area contributed by atoms with Crippen LogP contribution < -0.4 is 0 Å². The lowest BCUT2D eigenvalue weighted by molar-refractivity contribution is -0.147. The Morgan fingerprint density at radius 3 is 1.56 bits per heavy atom. The monoisotopic (exact) mass is 262 g/mol. The first-order valence-corrected chi connectivity index (χ1v) is 4.65. The highest BCUT2D eigenvalue weighted by Gasteiger charge is 2.13. The first kappa shape index (κ1) is 18.0. The number of aliphatic carboxylic acids is 4. The van der Waals surface area contributed by atoms with Crippen LogP contribution in [0.2, 0.25) is 0 Å². The fraction of sp³-hybridized carbons (Fsp3) is 0.400. The molecule has 0 amide bonds. The minimum atomic E-state index is -1.27. The van der Waals surface area contributed by atoms with Crippen molar-refractivity contribution in [3.8, 4) is 0 Å². The summed E-state index contributed by atoms with van der Waals surface area (Å²) in [6, 6.07) is 0. The molecule has 0 rings (SSSR count). The number of carboxylic acids is 4. The van der Waals surface area contributed by atoms with Gasteiger partial charge in [-0.3, -0.25) is 14.4 Å². The quantitative estimate of drug-likeness (QED) is 0.498. The molecule has 102 valence electrons. The molecule has 0 aliphatic carbocycles. The molecule has 0 saturated heterocycles. The van der Waals surface area contributed by atoms with Gasteiger partial charge in [-0.05, 0) is 0 Å². The van der Waals surface area contributed by atoms with Crippen LogP contribution in [0, 0.1) is 5.92 Å². The molecule has 8 heteroatoms. The molecule has 0 aromatic rings. The molecule has 0 radical (unpaired) electrons. The summed E-state index contributed by atoms with van der Waals surface area (Å²) >= 11 is 0. The highest BCUT2D eigenvalue weighted by atomic mass is 16.4. The van der Waals surface area contributed by atoms with Crippen LogP contribution in [0.5, 0.6) is 0 Å². The largest absolute Gasteiger partial charge is 0.481 e. The summed E-state index contributed by atoms with van der Waals surface area (Å²) in [4.78, 5) is 39.5. The predicted octanol–water partition coefficient (Wildman–Crippen LogP) is 0.284. The van der Waals surface area contributed by atoms with Crippen molar-refractivity contribution in [3.63, 3.8) is 0 Å². The number of hydrogen-bond acceptors (Lipinski definition) is 4. The first-order chi connectivity index (χ1) is 8.07. The van der Waals surface area contributed by atoms with Gasteiger partial charge in [0.15, 0.2) is 0 Å². The average molecular weight is 262 g/mol. The highest BCUT2D eigenvalue weighted by molar-refractivity contribution is 5.91. The van der Waals surface area contributed by atoms with E-state index in [-0.39, 0.29) is 12.0 Å². The number of carbonyl (C=O) groups is 4. The van der Waals surface area contributed by atoms with E-state index in [1.807, 2.05) is 0 Å². The topological polar surface area (TPSA) is 149 Å². The van der Waals surface area contributed by atoms with Crippen molar-refractivity contribution in [2.24, 2.45) is 5.92 Å². The fourth-order valence-electron chi connectivity index (χ4n) is 0.607. The van der Waals surface area contributed by atoms with Gasteiger partial charge in [-0.2, -0.15) is 0 Å². The zero-order valence-electron chi connectivity index (χ0n) is 9.62. The van der Waals surface area contributed by atoms with Gasteiger partial charge in [0.25, 0.3) is 0 Å². The Morgan fingerprint density at radius 2 is 1.44 bits per heavy atom. The van der Waals surface area contributed by atoms with Gasteiger partial charge < -0.3 is 20.4 Å². The molecule has 0 fully saturated rings. The van der Waals surface area contributed by atoms with Crippen molar-refractivity contribution in [2.75, 3.05) is 0 Å². The van der Waals surface area contributed by atoms with Crippen LogP contribution >= 0.6 is 0 Å². The second-order valence-electron chi connectivity index (χ2n) is 3.32. The Bertz CT molecular complexity index is 357. The molecule has 1 unspecified atom stereocenters. The Hall–Kier alpha value is -2.38. The molecular formula is C10H14O8. The Balaban J connectivity index is 0. The molecule has 0 aliphatic rings. The van der Waals surface area contributed by atoms with Crippen molar-refractivity contribution < 1.29 is 39.6 Å². The summed E-state index contributed by atoms with van der Waals surface area (Å²) in [6.07, 6.45) is -0.815. The molecule has 0 bridgehead atoms. The van der Waals surface area contributed by atoms with Gasteiger partial charge in [0, 0.05) is 5.57 Å². The van der Waals surface area contributed by atoms with Crippen molar-refractivity contribution >= 4 is 23.9 Å². The van der Waals surface area contributed by atoms with E-state index in [0.29, 0.717) is 0 Å². The van der Waals surface area contributed by atoms with E-state index < -0.39 is 36.2 Å². The van der Waals surface area contributed by atoms with Gasteiger partial charge in [-0.15, -0.1) is 0 Å². The van der Waals surface area contributed by atoms with Gasteiger partial charge in [0.2, 0.25) is 0 Å². The molecule has 1 atom stereocenters. The van der Waals surface area contributed by atoms with Crippen LogP contribution in [-0.4, -0.2) is 44.3 Å². The van der Waals surface area contributed by atoms with Crippen LogP contribution in [0.15, 0.2) is 12.2 Å². The van der Waals surface area contributed by atoms with Crippen molar-refractivity contribution in [2.45, 2.75) is 19.8 Å². The standard InChI is InChI=1S/C5H8O4.C5H6O4/c2*1-3(5(8)9)2-4(6)7/h3H,2H2,1H3,(H,6,7)(H,8,9);1-2H2,(H,6,7)(H,8,9). The second kappa shape index (κ2) is 8.74. The van der Waals surface area contributed by atoms with Gasteiger partial charge in [-0.1, -0.05) is 13.5 Å². The maximum atomic E-state index is 9.97. The summed E-state index contributed by atoms with van der Waals surface area (Å²) in [5, 5.41) is 32.3. The lowest BCUT2D eigenvalue weighted by Gasteiger charge is -1.98. The Morgan fingerprint density at radius 1 is 1.00 bits per heavy atom. The average Bonchev–Trinajstić information content (AvgIpc) is 2.16. The lowest BCUT2D eigenvalue weighted by atomic mass is 10.1. The van der Waals surface area contributed by atoms with Crippen LogP contribution in [0.25, 0.3) is 0 Å². The van der Waals surface area contributed by atoms with E-state index in [0.717, 1.165) is 0 Å². The summed E-state index contributed by atoms with van der Waals surface area (Å²) < 4.78 is 0. The molecule has 0 aliphatic heterocycles.